The predicted octanol–water partition coefficient (Wildman–Crippen LogP) is 2.46. The summed E-state index contributed by atoms with van der Waals surface area (Å²) < 4.78 is 1.89. The molecule has 1 aromatic heterocycles. The second kappa shape index (κ2) is 4.81. The summed E-state index contributed by atoms with van der Waals surface area (Å²) in [5.41, 5.74) is -0.242. The van der Waals surface area contributed by atoms with Gasteiger partial charge >= 0.3 is 5.97 Å². The van der Waals surface area contributed by atoms with Crippen LogP contribution in [0.25, 0.3) is 0 Å². The van der Waals surface area contributed by atoms with E-state index in [1.54, 1.807) is 12.3 Å². The number of hydrogen-bond acceptors (Lipinski definition) is 2. The van der Waals surface area contributed by atoms with E-state index in [-0.39, 0.29) is 12.5 Å². The Labute approximate surface area is 121 Å². The summed E-state index contributed by atoms with van der Waals surface area (Å²) in [6.07, 6.45) is 6.06. The normalized spacial score (nSPS) is 20.2. The van der Waals surface area contributed by atoms with Gasteiger partial charge in [0.05, 0.1) is 10.4 Å². The van der Waals surface area contributed by atoms with Crippen LogP contribution in [0.3, 0.4) is 0 Å². The Hall–Kier alpha value is -1.49. The summed E-state index contributed by atoms with van der Waals surface area (Å²) >= 11 is 5.97. The van der Waals surface area contributed by atoms with Gasteiger partial charge in [0.1, 0.15) is 5.69 Å². The highest BCUT2D eigenvalue weighted by Crippen LogP contribution is 2.41. The zero-order valence-electron chi connectivity index (χ0n) is 11.1. The molecule has 0 aromatic carbocycles. The Bertz CT molecular complexity index is 559. The van der Waals surface area contributed by atoms with Crippen LogP contribution in [0.5, 0.6) is 0 Å². The topological polar surface area (TPSA) is 71.3 Å². The third-order valence-corrected chi connectivity index (χ3v) is 4.55. The molecule has 0 aliphatic heterocycles. The van der Waals surface area contributed by atoms with E-state index in [1.165, 1.54) is 0 Å². The van der Waals surface area contributed by atoms with Crippen molar-refractivity contribution in [1.29, 1.82) is 0 Å². The largest absolute Gasteiger partial charge is 0.481 e. The molecule has 0 saturated heterocycles. The van der Waals surface area contributed by atoms with Crippen LogP contribution in [0.4, 0.5) is 0 Å². The van der Waals surface area contributed by atoms with Crippen LogP contribution in [-0.4, -0.2) is 28.1 Å². The maximum atomic E-state index is 12.2. The summed E-state index contributed by atoms with van der Waals surface area (Å²) in [6.45, 7) is 0.189. The first-order chi connectivity index (χ1) is 9.52. The molecule has 108 valence electrons. The number of carboxylic acid groups (broad SMARTS) is 1. The zero-order chi connectivity index (χ0) is 14.3. The minimum atomic E-state index is -0.820. The van der Waals surface area contributed by atoms with E-state index in [4.69, 9.17) is 11.6 Å². The number of amides is 1. The van der Waals surface area contributed by atoms with Gasteiger partial charge in [-0.1, -0.05) is 18.0 Å². The first-order valence-corrected chi connectivity index (χ1v) is 7.29. The fourth-order valence-corrected chi connectivity index (χ4v) is 2.90. The Kier molecular flexibility index (Phi) is 3.24. The monoisotopic (exact) mass is 296 g/mol. The second-order valence-corrected chi connectivity index (χ2v) is 6.24. The first kappa shape index (κ1) is 13.5. The molecule has 2 N–H and O–H groups in total. The summed E-state index contributed by atoms with van der Waals surface area (Å²) in [7, 11) is 0. The lowest BCUT2D eigenvalue weighted by Gasteiger charge is -2.37. The van der Waals surface area contributed by atoms with E-state index in [2.05, 4.69) is 5.32 Å². The molecule has 6 heteroatoms. The number of nitrogens with one attached hydrogen (secondary N) is 1. The number of aromatic nitrogens is 1. The Balaban J connectivity index is 1.69. The smallest absolute Gasteiger partial charge is 0.311 e. The van der Waals surface area contributed by atoms with Crippen molar-refractivity contribution in [1.82, 2.24) is 9.88 Å². The van der Waals surface area contributed by atoms with Crippen molar-refractivity contribution in [2.45, 2.75) is 38.1 Å². The summed E-state index contributed by atoms with van der Waals surface area (Å²) in [6, 6.07) is 2.00. The minimum Gasteiger partial charge on any atom is -0.481 e. The fraction of sp³-hybridized carbons (Fsp3) is 0.571. The van der Waals surface area contributed by atoms with Gasteiger partial charge in [-0.25, -0.2) is 0 Å². The second-order valence-electron chi connectivity index (χ2n) is 5.80. The van der Waals surface area contributed by atoms with Crippen LogP contribution >= 0.6 is 11.6 Å². The molecule has 2 aliphatic rings. The summed E-state index contributed by atoms with van der Waals surface area (Å²) in [5.74, 6) is -1.06. The van der Waals surface area contributed by atoms with Crippen molar-refractivity contribution < 1.29 is 14.7 Å². The first-order valence-electron chi connectivity index (χ1n) is 6.91. The fourth-order valence-electron chi connectivity index (χ4n) is 2.69. The third-order valence-electron chi connectivity index (χ3n) is 4.34. The van der Waals surface area contributed by atoms with Gasteiger partial charge in [0.2, 0.25) is 0 Å². The predicted molar refractivity (Wildman–Crippen MR) is 74.0 cm³/mol. The van der Waals surface area contributed by atoms with E-state index >= 15 is 0 Å². The van der Waals surface area contributed by atoms with Gasteiger partial charge in [-0.2, -0.15) is 0 Å². The van der Waals surface area contributed by atoms with E-state index < -0.39 is 11.4 Å². The Morgan fingerprint density at radius 2 is 2.15 bits per heavy atom. The highest BCUT2D eigenvalue weighted by molar-refractivity contribution is 6.31. The van der Waals surface area contributed by atoms with Crippen LogP contribution in [0.15, 0.2) is 12.3 Å². The van der Waals surface area contributed by atoms with Gasteiger partial charge in [0.15, 0.2) is 0 Å². The molecule has 5 nitrogen and oxygen atoms in total. The molecule has 3 rings (SSSR count). The molecular weight excluding hydrogens is 280 g/mol. The molecule has 2 aliphatic carbocycles. The maximum absolute atomic E-state index is 12.2. The van der Waals surface area contributed by atoms with Crippen LogP contribution in [0, 0.1) is 5.41 Å². The highest BCUT2D eigenvalue weighted by Gasteiger charge is 2.44. The van der Waals surface area contributed by atoms with E-state index in [0.717, 1.165) is 19.3 Å². The number of halogens is 1. The van der Waals surface area contributed by atoms with Crippen molar-refractivity contribution >= 4 is 23.5 Å². The van der Waals surface area contributed by atoms with Gasteiger partial charge < -0.3 is 15.0 Å². The van der Waals surface area contributed by atoms with Gasteiger partial charge in [0, 0.05) is 18.8 Å². The van der Waals surface area contributed by atoms with E-state index in [0.29, 0.717) is 29.6 Å². The molecule has 0 unspecified atom stereocenters. The van der Waals surface area contributed by atoms with Crippen LogP contribution < -0.4 is 5.32 Å². The van der Waals surface area contributed by atoms with E-state index in [1.807, 2.05) is 4.57 Å². The molecule has 1 aromatic rings. The van der Waals surface area contributed by atoms with Gasteiger partial charge in [-0.3, -0.25) is 9.59 Å². The molecule has 0 spiro atoms. The number of aliphatic carboxylic acids is 1. The zero-order valence-corrected chi connectivity index (χ0v) is 11.8. The molecule has 0 radical (unpaired) electrons. The van der Waals surface area contributed by atoms with Crippen molar-refractivity contribution in [2.24, 2.45) is 5.41 Å². The number of hydrogen-bond donors (Lipinski definition) is 2. The quantitative estimate of drug-likeness (QED) is 0.877. The molecule has 1 amide bonds. The van der Waals surface area contributed by atoms with Crippen LogP contribution in [0.1, 0.15) is 48.6 Å². The average Bonchev–Trinajstić information content (AvgIpc) is 3.10. The molecule has 0 bridgehead atoms. The van der Waals surface area contributed by atoms with Crippen molar-refractivity contribution in [3.8, 4) is 0 Å². The lowest BCUT2D eigenvalue weighted by Crippen LogP contribution is -2.47. The maximum Gasteiger partial charge on any atom is 0.311 e. The van der Waals surface area contributed by atoms with Crippen LogP contribution in [0.2, 0.25) is 5.02 Å². The van der Waals surface area contributed by atoms with Gasteiger partial charge in [-0.15, -0.1) is 0 Å². The SMILES string of the molecule is O=C(NCC1(C(=O)O)CCC1)c1cc(Cl)cn1C1CC1. The molecule has 2 fully saturated rings. The minimum absolute atomic E-state index is 0.189. The van der Waals surface area contributed by atoms with Gasteiger partial charge in [-0.05, 0) is 31.7 Å². The van der Waals surface area contributed by atoms with Gasteiger partial charge in [0.25, 0.3) is 5.91 Å². The van der Waals surface area contributed by atoms with Crippen LogP contribution in [-0.2, 0) is 4.79 Å². The lowest BCUT2D eigenvalue weighted by atomic mass is 9.69. The number of nitrogens with zero attached hydrogens (tertiary/aromatic N) is 1. The molecule has 1 heterocycles. The number of carbonyl (C=O) groups excluding carboxylic acids is 1. The third kappa shape index (κ3) is 2.30. The molecule has 2 saturated carbocycles. The van der Waals surface area contributed by atoms with Crippen molar-refractivity contribution in [3.05, 3.63) is 23.0 Å². The number of carbonyl (C=O) groups is 2. The van der Waals surface area contributed by atoms with Crippen molar-refractivity contribution in [2.75, 3.05) is 6.54 Å². The van der Waals surface area contributed by atoms with Crippen molar-refractivity contribution in [3.63, 3.8) is 0 Å². The Morgan fingerprint density at radius 1 is 1.45 bits per heavy atom. The lowest BCUT2D eigenvalue weighted by molar-refractivity contribution is -0.153. The van der Waals surface area contributed by atoms with E-state index in [9.17, 15) is 14.7 Å². The summed E-state index contributed by atoms with van der Waals surface area (Å²) in [5, 5.41) is 12.5. The highest BCUT2D eigenvalue weighted by atomic mass is 35.5. The molecule has 0 atom stereocenters. The standard InChI is InChI=1S/C14H17ClN2O3/c15-9-6-11(17(7-9)10-2-3-10)12(18)16-8-14(13(19)20)4-1-5-14/h6-7,10H,1-5,8H2,(H,16,18)(H,19,20). The average molecular weight is 297 g/mol. The summed E-state index contributed by atoms with van der Waals surface area (Å²) in [4.78, 5) is 23.5. The molecular formula is C14H17ClN2O3. The molecule has 20 heavy (non-hydrogen) atoms. The Morgan fingerprint density at radius 3 is 2.65 bits per heavy atom. The number of rotatable bonds is 5. The number of carboxylic acids is 1.